The maximum absolute atomic E-state index is 11.7. The molecule has 0 aromatic carbocycles. The molecular weight excluding hydrogens is 194 g/mol. The Labute approximate surface area is 90.2 Å². The summed E-state index contributed by atoms with van der Waals surface area (Å²) in [6.07, 6.45) is 2.37. The zero-order valence-electron chi connectivity index (χ0n) is 9.53. The van der Waals surface area contributed by atoms with Gasteiger partial charge in [-0.3, -0.25) is 4.79 Å². The van der Waals surface area contributed by atoms with Crippen molar-refractivity contribution in [2.45, 2.75) is 58.2 Å². The van der Waals surface area contributed by atoms with E-state index >= 15 is 0 Å². The Morgan fingerprint density at radius 2 is 2.00 bits per heavy atom. The van der Waals surface area contributed by atoms with Gasteiger partial charge in [-0.2, -0.15) is 0 Å². The lowest BCUT2D eigenvalue weighted by Crippen LogP contribution is -2.35. The highest BCUT2D eigenvalue weighted by Gasteiger charge is 2.49. The molecule has 0 saturated carbocycles. The lowest BCUT2D eigenvalue weighted by Gasteiger charge is -2.25. The minimum Gasteiger partial charge on any atom is -0.460 e. The fourth-order valence-electron chi connectivity index (χ4n) is 2.33. The number of hydrogen-bond acceptors (Lipinski definition) is 3. The largest absolute Gasteiger partial charge is 0.460 e. The SMILES string of the molecule is CC(C)(C)C(=O)OC1CC2CCC1N2[O]. The van der Waals surface area contributed by atoms with Crippen molar-refractivity contribution < 1.29 is 14.7 Å². The van der Waals surface area contributed by atoms with Crippen LogP contribution in [0.5, 0.6) is 0 Å². The van der Waals surface area contributed by atoms with E-state index in [1.807, 2.05) is 20.8 Å². The summed E-state index contributed by atoms with van der Waals surface area (Å²) >= 11 is 0. The van der Waals surface area contributed by atoms with Gasteiger partial charge < -0.3 is 4.74 Å². The number of rotatable bonds is 1. The Bertz CT molecular complexity index is 271. The molecule has 4 nitrogen and oxygen atoms in total. The third kappa shape index (κ3) is 1.88. The zero-order chi connectivity index (χ0) is 11.2. The molecule has 2 fully saturated rings. The van der Waals surface area contributed by atoms with E-state index in [0.717, 1.165) is 24.3 Å². The van der Waals surface area contributed by atoms with E-state index < -0.39 is 5.41 Å². The van der Waals surface area contributed by atoms with Crippen LogP contribution in [0.4, 0.5) is 0 Å². The molecule has 0 N–H and O–H groups in total. The van der Waals surface area contributed by atoms with Gasteiger partial charge in [0.05, 0.1) is 11.5 Å². The molecule has 1 radical (unpaired) electrons. The number of hydroxylamine groups is 2. The predicted octanol–water partition coefficient (Wildman–Crippen LogP) is 1.53. The minimum absolute atomic E-state index is 0.0821. The second kappa shape index (κ2) is 3.46. The molecule has 0 aromatic heterocycles. The molecule has 3 unspecified atom stereocenters. The Balaban J connectivity index is 1.95. The highest BCUT2D eigenvalue weighted by molar-refractivity contribution is 5.75. The highest BCUT2D eigenvalue weighted by atomic mass is 16.6. The summed E-state index contributed by atoms with van der Waals surface area (Å²) in [4.78, 5) is 11.7. The lowest BCUT2D eigenvalue weighted by atomic mass is 9.95. The molecule has 2 bridgehead atoms. The van der Waals surface area contributed by atoms with Crippen LogP contribution >= 0.6 is 0 Å². The second-order valence-electron chi connectivity index (χ2n) is 5.59. The summed E-state index contributed by atoms with van der Waals surface area (Å²) in [6.45, 7) is 5.49. The molecule has 0 spiro atoms. The Hall–Kier alpha value is -0.610. The number of fused-ring (bicyclic) bond motifs is 2. The average molecular weight is 212 g/mol. The minimum atomic E-state index is -0.477. The van der Waals surface area contributed by atoms with Crippen LogP contribution in [0.2, 0.25) is 0 Å². The molecule has 0 aliphatic carbocycles. The van der Waals surface area contributed by atoms with Gasteiger partial charge in [-0.05, 0) is 33.6 Å². The van der Waals surface area contributed by atoms with E-state index in [0.29, 0.717) is 0 Å². The number of hydrogen-bond donors (Lipinski definition) is 0. The smallest absolute Gasteiger partial charge is 0.311 e. The van der Waals surface area contributed by atoms with Crippen molar-refractivity contribution in [3.63, 3.8) is 0 Å². The monoisotopic (exact) mass is 212 g/mol. The van der Waals surface area contributed by atoms with E-state index in [-0.39, 0.29) is 24.2 Å². The van der Waals surface area contributed by atoms with Gasteiger partial charge in [0.2, 0.25) is 0 Å². The van der Waals surface area contributed by atoms with Crippen LogP contribution in [-0.4, -0.2) is 29.2 Å². The summed E-state index contributed by atoms with van der Waals surface area (Å²) in [6, 6.07) is 0.00840. The Morgan fingerprint density at radius 3 is 2.40 bits per heavy atom. The van der Waals surface area contributed by atoms with Crippen LogP contribution < -0.4 is 0 Å². The normalized spacial score (nSPS) is 35.9. The van der Waals surface area contributed by atoms with Crippen LogP contribution in [0.15, 0.2) is 0 Å². The fraction of sp³-hybridized carbons (Fsp3) is 0.909. The number of ether oxygens (including phenoxy) is 1. The van der Waals surface area contributed by atoms with Crippen LogP contribution in [0.25, 0.3) is 0 Å². The van der Waals surface area contributed by atoms with Gasteiger partial charge >= 0.3 is 5.97 Å². The van der Waals surface area contributed by atoms with E-state index in [2.05, 4.69) is 0 Å². The van der Waals surface area contributed by atoms with Crippen molar-refractivity contribution in [1.29, 1.82) is 0 Å². The van der Waals surface area contributed by atoms with Gasteiger partial charge in [0.1, 0.15) is 6.10 Å². The number of nitrogens with zero attached hydrogens (tertiary/aromatic N) is 1. The first-order valence-electron chi connectivity index (χ1n) is 5.56. The standard InChI is InChI=1S/C11H18NO3/c1-11(2,3)10(13)15-9-6-7-4-5-8(9)12(7)14/h7-9H,4-6H2,1-3H3. The zero-order valence-corrected chi connectivity index (χ0v) is 9.53. The second-order valence-corrected chi connectivity index (χ2v) is 5.59. The summed E-state index contributed by atoms with van der Waals surface area (Å²) in [5.74, 6) is -0.201. The first-order valence-corrected chi connectivity index (χ1v) is 5.56. The van der Waals surface area contributed by atoms with Gasteiger partial charge in [0.25, 0.3) is 0 Å². The Kier molecular flexibility index (Phi) is 2.51. The Morgan fingerprint density at radius 1 is 1.33 bits per heavy atom. The van der Waals surface area contributed by atoms with Crippen LogP contribution in [0, 0.1) is 5.41 Å². The van der Waals surface area contributed by atoms with E-state index in [9.17, 15) is 10.0 Å². The van der Waals surface area contributed by atoms with Crippen molar-refractivity contribution >= 4 is 5.97 Å². The lowest BCUT2D eigenvalue weighted by molar-refractivity contribution is -0.186. The first kappa shape index (κ1) is 10.9. The third-order valence-electron chi connectivity index (χ3n) is 3.29. The van der Waals surface area contributed by atoms with Crippen molar-refractivity contribution in [2.24, 2.45) is 5.41 Å². The molecule has 2 aliphatic heterocycles. The molecule has 4 heteroatoms. The van der Waals surface area contributed by atoms with E-state index in [4.69, 9.17) is 4.74 Å². The fourth-order valence-corrected chi connectivity index (χ4v) is 2.33. The molecular formula is C11H18NO3. The van der Waals surface area contributed by atoms with Crippen molar-refractivity contribution in [3.05, 3.63) is 0 Å². The van der Waals surface area contributed by atoms with Gasteiger partial charge in [-0.1, -0.05) is 0 Å². The van der Waals surface area contributed by atoms with Gasteiger partial charge in [0.15, 0.2) is 0 Å². The quantitative estimate of drug-likeness (QED) is 0.619. The average Bonchev–Trinajstić information content (AvgIpc) is 2.60. The van der Waals surface area contributed by atoms with Gasteiger partial charge in [-0.25, -0.2) is 0 Å². The summed E-state index contributed by atoms with van der Waals surface area (Å²) < 4.78 is 5.40. The van der Waals surface area contributed by atoms with Crippen LogP contribution in [0.1, 0.15) is 40.0 Å². The molecule has 85 valence electrons. The summed E-state index contributed by atoms with van der Waals surface area (Å²) in [5.41, 5.74) is -0.477. The molecule has 3 atom stereocenters. The molecule has 2 saturated heterocycles. The molecule has 0 aromatic rings. The summed E-state index contributed by atoms with van der Waals surface area (Å²) in [5, 5.41) is 12.7. The molecule has 2 rings (SSSR count). The van der Waals surface area contributed by atoms with E-state index in [1.165, 1.54) is 0 Å². The molecule has 2 aliphatic rings. The van der Waals surface area contributed by atoms with Gasteiger partial charge in [0, 0.05) is 12.5 Å². The van der Waals surface area contributed by atoms with Crippen molar-refractivity contribution in [1.82, 2.24) is 5.06 Å². The topological polar surface area (TPSA) is 49.4 Å². The highest BCUT2D eigenvalue weighted by Crippen LogP contribution is 2.38. The first-order chi connectivity index (χ1) is 6.89. The number of carbonyl (C=O) groups is 1. The van der Waals surface area contributed by atoms with Crippen molar-refractivity contribution in [2.75, 3.05) is 0 Å². The van der Waals surface area contributed by atoms with Crippen LogP contribution in [0.3, 0.4) is 0 Å². The van der Waals surface area contributed by atoms with Crippen LogP contribution in [-0.2, 0) is 14.7 Å². The predicted molar refractivity (Wildman–Crippen MR) is 53.3 cm³/mol. The maximum atomic E-state index is 11.7. The number of esters is 1. The van der Waals surface area contributed by atoms with Gasteiger partial charge in [-0.15, -0.1) is 10.3 Å². The summed E-state index contributed by atoms with van der Waals surface area (Å²) in [7, 11) is 0. The molecule has 0 amide bonds. The molecule has 2 heterocycles. The van der Waals surface area contributed by atoms with Crippen molar-refractivity contribution in [3.8, 4) is 0 Å². The number of carbonyl (C=O) groups excluding carboxylic acids is 1. The third-order valence-corrected chi connectivity index (χ3v) is 3.29. The van der Waals surface area contributed by atoms with E-state index in [1.54, 1.807) is 0 Å². The maximum Gasteiger partial charge on any atom is 0.311 e. The molecule has 15 heavy (non-hydrogen) atoms.